The van der Waals surface area contributed by atoms with Gasteiger partial charge in [0.1, 0.15) is 6.07 Å². The highest BCUT2D eigenvalue weighted by Crippen LogP contribution is 2.20. The number of hydrogen-bond acceptors (Lipinski definition) is 6. The van der Waals surface area contributed by atoms with Crippen molar-refractivity contribution in [2.75, 3.05) is 18.0 Å². The molecule has 2 atom stereocenters. The van der Waals surface area contributed by atoms with Crippen molar-refractivity contribution in [2.24, 2.45) is 0 Å². The Bertz CT molecular complexity index is 393. The van der Waals surface area contributed by atoms with E-state index in [2.05, 4.69) is 9.97 Å². The Balaban J connectivity index is 2.28. The largest absolute Gasteiger partial charge is 0.389 e. The van der Waals surface area contributed by atoms with Crippen LogP contribution in [0, 0.1) is 11.3 Å². The van der Waals surface area contributed by atoms with Gasteiger partial charge in [-0.05, 0) is 0 Å². The van der Waals surface area contributed by atoms with Crippen molar-refractivity contribution >= 4 is 5.82 Å². The quantitative estimate of drug-likeness (QED) is 0.605. The number of anilines is 1. The summed E-state index contributed by atoms with van der Waals surface area (Å²) >= 11 is 0. The number of aliphatic hydroxyl groups excluding tert-OH is 2. The lowest BCUT2D eigenvalue weighted by Gasteiger charge is -2.16. The van der Waals surface area contributed by atoms with Crippen LogP contribution in [0.15, 0.2) is 12.4 Å². The smallest absolute Gasteiger partial charge is 0.183 e. The molecule has 1 saturated heterocycles. The standard InChI is InChI=1S/C9H10N4O2/c10-3-6-9(12-2-1-11-6)13-4-7(14)8(15)5-13/h1-2,7-8,14-15H,4-5H2. The fourth-order valence-corrected chi connectivity index (χ4v) is 1.58. The van der Waals surface area contributed by atoms with Crippen LogP contribution in [0.2, 0.25) is 0 Å². The maximum Gasteiger partial charge on any atom is 0.183 e. The van der Waals surface area contributed by atoms with Crippen LogP contribution >= 0.6 is 0 Å². The lowest BCUT2D eigenvalue weighted by Crippen LogP contribution is -2.23. The van der Waals surface area contributed by atoms with Gasteiger partial charge in [0.2, 0.25) is 0 Å². The maximum atomic E-state index is 9.37. The summed E-state index contributed by atoms with van der Waals surface area (Å²) in [5.74, 6) is 0.413. The van der Waals surface area contributed by atoms with Crippen molar-refractivity contribution in [3.8, 4) is 6.07 Å². The lowest BCUT2D eigenvalue weighted by molar-refractivity contribution is 0.0572. The molecule has 1 fully saturated rings. The molecule has 0 aliphatic carbocycles. The first-order valence-corrected chi connectivity index (χ1v) is 4.54. The summed E-state index contributed by atoms with van der Waals surface area (Å²) in [4.78, 5) is 9.54. The average Bonchev–Trinajstić information content (AvgIpc) is 2.59. The molecular formula is C9H10N4O2. The molecule has 6 nitrogen and oxygen atoms in total. The molecule has 1 aromatic heterocycles. The molecule has 1 aliphatic heterocycles. The number of β-amino-alcohol motifs (C(OH)–C–C–N with tert-alkyl or cyclic N) is 2. The van der Waals surface area contributed by atoms with Crippen LogP contribution < -0.4 is 4.90 Å². The summed E-state index contributed by atoms with van der Waals surface area (Å²) in [5.41, 5.74) is 0.207. The van der Waals surface area contributed by atoms with Crippen molar-refractivity contribution in [1.29, 1.82) is 5.26 Å². The van der Waals surface area contributed by atoms with E-state index in [4.69, 9.17) is 5.26 Å². The van der Waals surface area contributed by atoms with Gasteiger partial charge in [-0.1, -0.05) is 0 Å². The van der Waals surface area contributed by atoms with Crippen LogP contribution in [0.3, 0.4) is 0 Å². The number of hydrogen-bond donors (Lipinski definition) is 2. The van der Waals surface area contributed by atoms with Crippen molar-refractivity contribution in [1.82, 2.24) is 9.97 Å². The molecule has 0 spiro atoms. The average molecular weight is 206 g/mol. The van der Waals surface area contributed by atoms with Crippen LogP contribution in [-0.4, -0.2) is 45.5 Å². The van der Waals surface area contributed by atoms with Crippen LogP contribution in [0.4, 0.5) is 5.82 Å². The second-order valence-corrected chi connectivity index (χ2v) is 3.38. The SMILES string of the molecule is N#Cc1nccnc1N1CC(O)C(O)C1. The molecule has 0 bridgehead atoms. The Hall–Kier alpha value is -1.71. The van der Waals surface area contributed by atoms with E-state index in [1.807, 2.05) is 6.07 Å². The third-order valence-electron chi connectivity index (χ3n) is 2.34. The molecular weight excluding hydrogens is 196 g/mol. The molecule has 0 saturated carbocycles. The Morgan fingerprint density at radius 1 is 1.27 bits per heavy atom. The van der Waals surface area contributed by atoms with Crippen LogP contribution in [-0.2, 0) is 0 Å². The third-order valence-corrected chi connectivity index (χ3v) is 2.34. The maximum absolute atomic E-state index is 9.37. The van der Waals surface area contributed by atoms with Gasteiger partial charge < -0.3 is 15.1 Å². The van der Waals surface area contributed by atoms with Crippen molar-refractivity contribution < 1.29 is 10.2 Å². The second-order valence-electron chi connectivity index (χ2n) is 3.38. The van der Waals surface area contributed by atoms with Crippen LogP contribution in [0.5, 0.6) is 0 Å². The minimum Gasteiger partial charge on any atom is -0.389 e. The zero-order valence-electron chi connectivity index (χ0n) is 7.91. The molecule has 1 aromatic rings. The molecule has 2 heterocycles. The predicted molar refractivity (Wildman–Crippen MR) is 51.0 cm³/mol. The highest BCUT2D eigenvalue weighted by Gasteiger charge is 2.31. The molecule has 78 valence electrons. The molecule has 2 rings (SSSR count). The van der Waals surface area contributed by atoms with Gasteiger partial charge in [-0.25, -0.2) is 9.97 Å². The molecule has 0 radical (unpaired) electrons. The Morgan fingerprint density at radius 3 is 2.47 bits per heavy atom. The topological polar surface area (TPSA) is 93.3 Å². The predicted octanol–water partition coefficient (Wildman–Crippen LogP) is -1.11. The summed E-state index contributed by atoms with van der Waals surface area (Å²) in [6, 6.07) is 1.92. The van der Waals surface area contributed by atoms with E-state index in [-0.39, 0.29) is 18.8 Å². The summed E-state index contributed by atoms with van der Waals surface area (Å²) in [6.45, 7) is 0.545. The monoisotopic (exact) mass is 206 g/mol. The first-order valence-electron chi connectivity index (χ1n) is 4.54. The molecule has 2 N–H and O–H groups in total. The second kappa shape index (κ2) is 3.81. The van der Waals surface area contributed by atoms with Crippen molar-refractivity contribution in [3.63, 3.8) is 0 Å². The van der Waals surface area contributed by atoms with E-state index in [9.17, 15) is 10.2 Å². The Morgan fingerprint density at radius 2 is 1.87 bits per heavy atom. The van der Waals surface area contributed by atoms with Crippen molar-refractivity contribution in [3.05, 3.63) is 18.1 Å². The summed E-state index contributed by atoms with van der Waals surface area (Å²) in [5, 5.41) is 27.5. The highest BCUT2D eigenvalue weighted by atomic mass is 16.3. The molecule has 1 aliphatic rings. The lowest BCUT2D eigenvalue weighted by atomic mass is 10.3. The first-order chi connectivity index (χ1) is 7.22. The normalized spacial score (nSPS) is 25.3. The van der Waals surface area contributed by atoms with Crippen LogP contribution in [0.1, 0.15) is 5.69 Å². The summed E-state index contributed by atoms with van der Waals surface area (Å²) < 4.78 is 0. The van der Waals surface area contributed by atoms with E-state index in [1.165, 1.54) is 12.4 Å². The molecule has 0 aromatic carbocycles. The van der Waals surface area contributed by atoms with Gasteiger partial charge in [0, 0.05) is 25.5 Å². The van der Waals surface area contributed by atoms with Crippen molar-refractivity contribution in [2.45, 2.75) is 12.2 Å². The number of rotatable bonds is 1. The van der Waals surface area contributed by atoms with E-state index < -0.39 is 12.2 Å². The van der Waals surface area contributed by atoms with Gasteiger partial charge in [-0.2, -0.15) is 5.26 Å². The third kappa shape index (κ3) is 1.75. The zero-order valence-corrected chi connectivity index (χ0v) is 7.91. The highest BCUT2D eigenvalue weighted by molar-refractivity contribution is 5.50. The Kier molecular flexibility index (Phi) is 2.49. The fraction of sp³-hybridized carbons (Fsp3) is 0.444. The summed E-state index contributed by atoms with van der Waals surface area (Å²) in [7, 11) is 0. The van der Waals surface area contributed by atoms with Gasteiger partial charge in [0.05, 0.1) is 12.2 Å². The number of aliphatic hydroxyl groups is 2. The molecule has 2 unspecified atom stereocenters. The fourth-order valence-electron chi connectivity index (χ4n) is 1.58. The first kappa shape index (κ1) is 9.83. The molecule has 15 heavy (non-hydrogen) atoms. The minimum absolute atomic E-state index is 0.207. The van der Waals surface area contributed by atoms with E-state index in [1.54, 1.807) is 4.90 Å². The molecule has 0 amide bonds. The van der Waals surface area contributed by atoms with E-state index in [0.717, 1.165) is 0 Å². The Labute approximate surface area is 86.4 Å². The van der Waals surface area contributed by atoms with Crippen LogP contribution in [0.25, 0.3) is 0 Å². The molecule has 6 heteroatoms. The number of nitrogens with zero attached hydrogens (tertiary/aromatic N) is 4. The van der Waals surface area contributed by atoms with E-state index in [0.29, 0.717) is 5.82 Å². The number of nitriles is 1. The zero-order chi connectivity index (χ0) is 10.8. The minimum atomic E-state index is -0.793. The summed E-state index contributed by atoms with van der Waals surface area (Å²) in [6.07, 6.45) is 1.33. The van der Waals surface area contributed by atoms with Gasteiger partial charge >= 0.3 is 0 Å². The van der Waals surface area contributed by atoms with E-state index >= 15 is 0 Å². The van der Waals surface area contributed by atoms with Gasteiger partial charge in [-0.15, -0.1) is 0 Å². The number of aromatic nitrogens is 2. The van der Waals surface area contributed by atoms with Gasteiger partial charge in [-0.3, -0.25) is 0 Å². The van der Waals surface area contributed by atoms with Gasteiger partial charge in [0.15, 0.2) is 11.5 Å². The van der Waals surface area contributed by atoms with Gasteiger partial charge in [0.25, 0.3) is 0 Å².